The van der Waals surface area contributed by atoms with Gasteiger partial charge in [-0.15, -0.1) is 10.2 Å². The number of nitrogens with zero attached hydrogens (tertiary/aromatic N) is 6. The molecule has 0 fully saturated rings. The maximum atomic E-state index is 8.77. The van der Waals surface area contributed by atoms with E-state index in [4.69, 9.17) is 10.5 Å². The van der Waals surface area contributed by atoms with E-state index in [0.717, 1.165) is 17.0 Å². The quantitative estimate of drug-likeness (QED) is 0.741. The van der Waals surface area contributed by atoms with Crippen molar-refractivity contribution in [3.05, 3.63) is 41.2 Å². The normalized spacial score (nSPS) is 9.56. The van der Waals surface area contributed by atoms with Crippen molar-refractivity contribution >= 4 is 6.08 Å². The number of hydrogen-bond acceptors (Lipinski definition) is 4. The largest absolute Gasteiger partial charge is 0.255 e. The fraction of sp³-hybridized carbons (Fsp3) is 0.167. The molecule has 0 bridgehead atoms. The second-order valence-electron chi connectivity index (χ2n) is 3.76. The summed E-state index contributed by atoms with van der Waals surface area (Å²) >= 11 is 0. The third-order valence-corrected chi connectivity index (χ3v) is 2.61. The van der Waals surface area contributed by atoms with Crippen LogP contribution in [-0.4, -0.2) is 19.5 Å². The summed E-state index contributed by atoms with van der Waals surface area (Å²) < 4.78 is 3.64. The van der Waals surface area contributed by atoms with E-state index in [0.29, 0.717) is 0 Å². The maximum Gasteiger partial charge on any atom is 0.139 e. The Morgan fingerprint density at radius 1 is 1.22 bits per heavy atom. The van der Waals surface area contributed by atoms with Crippen molar-refractivity contribution in [2.24, 2.45) is 0 Å². The highest BCUT2D eigenvalue weighted by Gasteiger charge is 2.09. The Kier molecular flexibility index (Phi) is 2.94. The SMILES string of the molecule is Cc1cc(C=C(C#N)C#N)c(C)n1-n1cnnc1. The van der Waals surface area contributed by atoms with Gasteiger partial charge in [0.25, 0.3) is 0 Å². The zero-order chi connectivity index (χ0) is 13.1. The first-order chi connectivity index (χ1) is 8.67. The minimum absolute atomic E-state index is 0.0824. The van der Waals surface area contributed by atoms with Crippen LogP contribution in [0, 0.1) is 36.5 Å². The minimum Gasteiger partial charge on any atom is -0.255 e. The topological polar surface area (TPSA) is 83.2 Å². The van der Waals surface area contributed by atoms with E-state index < -0.39 is 0 Å². The molecule has 2 aromatic heterocycles. The molecule has 0 saturated heterocycles. The van der Waals surface area contributed by atoms with Gasteiger partial charge in [-0.05, 0) is 31.6 Å². The van der Waals surface area contributed by atoms with Crippen LogP contribution >= 0.6 is 0 Å². The van der Waals surface area contributed by atoms with E-state index in [2.05, 4.69) is 10.2 Å². The fourth-order valence-electron chi connectivity index (χ4n) is 1.82. The van der Waals surface area contributed by atoms with Crippen molar-refractivity contribution in [3.8, 4) is 12.1 Å². The van der Waals surface area contributed by atoms with Crippen LogP contribution in [0.25, 0.3) is 6.08 Å². The van der Waals surface area contributed by atoms with Gasteiger partial charge >= 0.3 is 0 Å². The van der Waals surface area contributed by atoms with Gasteiger partial charge in [0.05, 0.1) is 0 Å². The van der Waals surface area contributed by atoms with E-state index in [9.17, 15) is 0 Å². The summed E-state index contributed by atoms with van der Waals surface area (Å²) in [6.45, 7) is 3.84. The predicted molar refractivity (Wildman–Crippen MR) is 63.9 cm³/mol. The van der Waals surface area contributed by atoms with Gasteiger partial charge in [-0.2, -0.15) is 10.5 Å². The minimum atomic E-state index is 0.0824. The molecule has 6 nitrogen and oxygen atoms in total. The summed E-state index contributed by atoms with van der Waals surface area (Å²) in [4.78, 5) is 0. The van der Waals surface area contributed by atoms with Crippen LogP contribution in [0.15, 0.2) is 24.3 Å². The highest BCUT2D eigenvalue weighted by Crippen LogP contribution is 2.18. The molecule has 0 spiro atoms. The highest BCUT2D eigenvalue weighted by atomic mass is 15.5. The van der Waals surface area contributed by atoms with Gasteiger partial charge in [-0.3, -0.25) is 4.68 Å². The number of hydrogen-bond donors (Lipinski definition) is 0. The molecule has 18 heavy (non-hydrogen) atoms. The molecule has 6 heteroatoms. The molecule has 0 aliphatic rings. The summed E-state index contributed by atoms with van der Waals surface area (Å²) in [5.41, 5.74) is 2.79. The molecule has 0 aliphatic carbocycles. The molecule has 0 atom stereocenters. The molecular weight excluding hydrogens is 228 g/mol. The number of aryl methyl sites for hydroxylation is 1. The standard InChI is InChI=1S/C12H10N6/c1-9-3-12(4-11(5-13)6-14)10(2)18(9)17-7-15-16-8-17/h3-4,7-8H,1-2H3. The lowest BCUT2D eigenvalue weighted by Crippen LogP contribution is -2.10. The van der Waals surface area contributed by atoms with Gasteiger partial charge in [0.2, 0.25) is 0 Å². The summed E-state index contributed by atoms with van der Waals surface area (Å²) in [5.74, 6) is 0. The monoisotopic (exact) mass is 238 g/mol. The molecule has 0 radical (unpaired) electrons. The van der Waals surface area contributed by atoms with Crippen molar-refractivity contribution in [2.75, 3.05) is 0 Å². The lowest BCUT2D eigenvalue weighted by Gasteiger charge is -2.08. The number of rotatable bonds is 2. The first-order valence-electron chi connectivity index (χ1n) is 5.23. The van der Waals surface area contributed by atoms with E-state index in [1.807, 2.05) is 36.7 Å². The van der Waals surface area contributed by atoms with Crippen molar-refractivity contribution in [2.45, 2.75) is 13.8 Å². The van der Waals surface area contributed by atoms with E-state index in [1.165, 1.54) is 0 Å². The second-order valence-corrected chi connectivity index (χ2v) is 3.76. The molecule has 2 heterocycles. The Morgan fingerprint density at radius 2 is 1.83 bits per heavy atom. The van der Waals surface area contributed by atoms with E-state index in [-0.39, 0.29) is 5.57 Å². The average molecular weight is 238 g/mol. The molecule has 2 aromatic rings. The molecule has 0 aromatic carbocycles. The average Bonchev–Trinajstić information content (AvgIpc) is 2.95. The van der Waals surface area contributed by atoms with Crippen molar-refractivity contribution in [3.63, 3.8) is 0 Å². The van der Waals surface area contributed by atoms with Crippen LogP contribution in [0.5, 0.6) is 0 Å². The first kappa shape index (κ1) is 11.6. The van der Waals surface area contributed by atoms with Crippen LogP contribution < -0.4 is 0 Å². The molecule has 2 rings (SSSR count). The molecule has 0 aliphatic heterocycles. The van der Waals surface area contributed by atoms with Gasteiger partial charge in [-0.25, -0.2) is 4.68 Å². The summed E-state index contributed by atoms with van der Waals surface area (Å²) in [6.07, 6.45) is 4.75. The van der Waals surface area contributed by atoms with Crippen molar-refractivity contribution < 1.29 is 0 Å². The Labute approximate surface area is 104 Å². The summed E-state index contributed by atoms with van der Waals surface area (Å²) in [5, 5.41) is 25.0. The van der Waals surface area contributed by atoms with Gasteiger partial charge < -0.3 is 0 Å². The van der Waals surface area contributed by atoms with E-state index >= 15 is 0 Å². The highest BCUT2D eigenvalue weighted by molar-refractivity contribution is 5.64. The zero-order valence-electron chi connectivity index (χ0n) is 9.99. The van der Waals surface area contributed by atoms with Gasteiger partial charge in [-0.1, -0.05) is 0 Å². The van der Waals surface area contributed by atoms with E-state index in [1.54, 1.807) is 23.4 Å². The molecular formula is C12H10N6. The summed E-state index contributed by atoms with van der Waals surface area (Å²) in [6, 6.07) is 5.61. The Morgan fingerprint density at radius 3 is 2.39 bits per heavy atom. The Bertz CT molecular complexity index is 659. The Balaban J connectivity index is 2.56. The van der Waals surface area contributed by atoms with Gasteiger partial charge in [0.1, 0.15) is 30.4 Å². The van der Waals surface area contributed by atoms with Crippen LogP contribution in [0.1, 0.15) is 17.0 Å². The number of nitriles is 2. The maximum absolute atomic E-state index is 8.77. The number of aromatic nitrogens is 4. The van der Waals surface area contributed by atoms with Crippen molar-refractivity contribution in [1.82, 2.24) is 19.5 Å². The Hall–Kier alpha value is -2.86. The predicted octanol–water partition coefficient (Wildman–Crippen LogP) is 1.44. The van der Waals surface area contributed by atoms with Gasteiger partial charge in [0.15, 0.2) is 0 Å². The first-order valence-corrected chi connectivity index (χ1v) is 5.23. The third kappa shape index (κ3) is 1.87. The van der Waals surface area contributed by atoms with Crippen molar-refractivity contribution in [1.29, 1.82) is 10.5 Å². The van der Waals surface area contributed by atoms with Crippen LogP contribution in [-0.2, 0) is 0 Å². The smallest absolute Gasteiger partial charge is 0.139 e. The second kappa shape index (κ2) is 4.56. The third-order valence-electron chi connectivity index (χ3n) is 2.61. The van der Waals surface area contributed by atoms with Crippen LogP contribution in [0.2, 0.25) is 0 Å². The summed E-state index contributed by atoms with van der Waals surface area (Å²) in [7, 11) is 0. The number of allylic oxidation sites excluding steroid dienone is 1. The zero-order valence-corrected chi connectivity index (χ0v) is 9.99. The van der Waals surface area contributed by atoms with Crippen LogP contribution in [0.3, 0.4) is 0 Å². The molecule has 0 saturated carbocycles. The van der Waals surface area contributed by atoms with Gasteiger partial charge in [0, 0.05) is 11.4 Å². The molecule has 0 N–H and O–H groups in total. The lowest BCUT2D eigenvalue weighted by molar-refractivity contribution is 0.621. The molecule has 0 amide bonds. The lowest BCUT2D eigenvalue weighted by atomic mass is 10.2. The van der Waals surface area contributed by atoms with Crippen LogP contribution in [0.4, 0.5) is 0 Å². The molecule has 0 unspecified atom stereocenters. The fourth-order valence-corrected chi connectivity index (χ4v) is 1.82. The molecule has 88 valence electrons.